The molecule has 0 aliphatic carbocycles. The Bertz CT molecular complexity index is 1380. The number of hydrogen-bond donors (Lipinski definition) is 4. The predicted molar refractivity (Wildman–Crippen MR) is 119 cm³/mol. The Hall–Kier alpha value is -2.12. The fraction of sp³-hybridized carbons (Fsp3) is 0.333. The van der Waals surface area contributed by atoms with Crippen LogP contribution in [0.1, 0.15) is 18.2 Å². The number of aliphatic hydroxyl groups is 1. The van der Waals surface area contributed by atoms with Gasteiger partial charge in [-0.15, -0.1) is 0 Å². The Labute approximate surface area is 198 Å². The molecule has 3 heterocycles. The van der Waals surface area contributed by atoms with Crippen molar-refractivity contribution >= 4 is 46.3 Å². The number of nitrogens with zero attached hydrogens (tertiary/aromatic N) is 2. The second kappa shape index (κ2) is 8.91. The van der Waals surface area contributed by atoms with Gasteiger partial charge in [0.15, 0.2) is 0 Å². The molecule has 1 aromatic carbocycles. The summed E-state index contributed by atoms with van der Waals surface area (Å²) in [4.78, 5) is 45.8. The van der Waals surface area contributed by atoms with E-state index >= 15 is 0 Å². The minimum Gasteiger partial charge on any atom is -0.488 e. The van der Waals surface area contributed by atoms with Crippen LogP contribution in [0.5, 0.6) is 5.75 Å². The summed E-state index contributed by atoms with van der Waals surface area (Å²) in [5, 5.41) is 11.5. The molecule has 15 heteroatoms. The third kappa shape index (κ3) is 4.76. The predicted octanol–water partition coefficient (Wildman–Crippen LogP) is 1.46. The number of aromatic amines is 1. The zero-order chi connectivity index (χ0) is 24.1. The Morgan fingerprint density at radius 3 is 2.79 bits per heavy atom. The van der Waals surface area contributed by atoms with Gasteiger partial charge in [-0.1, -0.05) is 16.3 Å². The average molecular weight is 567 g/mol. The van der Waals surface area contributed by atoms with Gasteiger partial charge in [-0.2, -0.15) is 0 Å². The molecular formula is C18H18BrClN3O9P. The summed E-state index contributed by atoms with van der Waals surface area (Å²) in [7, 11) is -5.18. The summed E-state index contributed by atoms with van der Waals surface area (Å²) in [5.41, 5.74) is -1.47. The number of halogens is 2. The van der Waals surface area contributed by atoms with Crippen LogP contribution in [0.2, 0.25) is 5.02 Å². The summed E-state index contributed by atoms with van der Waals surface area (Å²) < 4.78 is 28.5. The van der Waals surface area contributed by atoms with E-state index in [1.165, 1.54) is 13.1 Å². The first-order chi connectivity index (χ1) is 15.5. The van der Waals surface area contributed by atoms with E-state index in [1.807, 2.05) is 6.07 Å². The molecule has 1 saturated heterocycles. The van der Waals surface area contributed by atoms with Gasteiger partial charge in [0.05, 0.1) is 22.0 Å². The van der Waals surface area contributed by atoms with E-state index in [0.29, 0.717) is 20.6 Å². The molecule has 3 atom stereocenters. The molecular weight excluding hydrogens is 549 g/mol. The lowest BCUT2D eigenvalue weighted by atomic mass is 10.2. The molecule has 178 valence electrons. The molecule has 12 nitrogen and oxygen atoms in total. The Morgan fingerprint density at radius 2 is 2.09 bits per heavy atom. The van der Waals surface area contributed by atoms with E-state index < -0.39 is 37.5 Å². The number of ether oxygens (including phenoxy) is 2. The van der Waals surface area contributed by atoms with Gasteiger partial charge >= 0.3 is 13.5 Å². The molecule has 0 spiro atoms. The second-order valence-electron chi connectivity index (χ2n) is 7.35. The number of H-pyrrole nitrogens is 1. The van der Waals surface area contributed by atoms with E-state index in [2.05, 4.69) is 25.5 Å². The summed E-state index contributed by atoms with van der Waals surface area (Å²) >= 11 is 9.70. The maximum absolute atomic E-state index is 12.6. The van der Waals surface area contributed by atoms with E-state index in [0.717, 1.165) is 10.1 Å². The Morgan fingerprint density at radius 1 is 1.36 bits per heavy atom. The summed E-state index contributed by atoms with van der Waals surface area (Å²) in [6.07, 6.45) is -0.166. The SMILES string of the molecule is Cc1cn([C@H]2C[C@H](O)[C@@H](COc3c[nH]c4ccc(Br)c(Cl)c34)O2)c(=O)n(OP(=O)(O)O)c1=O. The molecule has 0 amide bonds. The van der Waals surface area contributed by atoms with Crippen LogP contribution in [0, 0.1) is 6.92 Å². The fourth-order valence-corrected chi connectivity index (χ4v) is 4.45. The molecule has 0 saturated carbocycles. The number of hydrogen-bond acceptors (Lipinski definition) is 7. The number of aliphatic hydroxyl groups excluding tert-OH is 1. The van der Waals surface area contributed by atoms with Crippen LogP contribution in [-0.4, -0.2) is 48.0 Å². The minimum atomic E-state index is -5.18. The van der Waals surface area contributed by atoms with E-state index in [4.69, 9.17) is 30.9 Å². The highest BCUT2D eigenvalue weighted by molar-refractivity contribution is 9.10. The lowest BCUT2D eigenvalue weighted by molar-refractivity contribution is -0.0424. The lowest BCUT2D eigenvalue weighted by Crippen LogP contribution is -2.44. The average Bonchev–Trinajstić information content (AvgIpc) is 3.32. The lowest BCUT2D eigenvalue weighted by Gasteiger charge is -2.18. The van der Waals surface area contributed by atoms with E-state index in [-0.39, 0.29) is 23.3 Å². The van der Waals surface area contributed by atoms with Crippen LogP contribution in [0.25, 0.3) is 10.9 Å². The third-order valence-corrected chi connectivity index (χ3v) is 6.71. The zero-order valence-corrected chi connectivity index (χ0v) is 20.1. The van der Waals surface area contributed by atoms with Crippen molar-refractivity contribution in [3.8, 4) is 5.75 Å². The molecule has 1 fully saturated rings. The van der Waals surface area contributed by atoms with Crippen molar-refractivity contribution in [2.45, 2.75) is 31.8 Å². The van der Waals surface area contributed by atoms with Gasteiger partial charge < -0.3 is 24.2 Å². The van der Waals surface area contributed by atoms with E-state index in [1.54, 1.807) is 12.3 Å². The number of phosphoric acid groups is 1. The van der Waals surface area contributed by atoms with Crippen molar-refractivity contribution in [3.05, 3.63) is 60.4 Å². The van der Waals surface area contributed by atoms with Gasteiger partial charge in [-0.05, 0) is 35.0 Å². The maximum atomic E-state index is 12.6. The molecule has 1 aliphatic rings. The molecule has 0 bridgehead atoms. The van der Waals surface area contributed by atoms with Crippen molar-refractivity contribution in [2.75, 3.05) is 6.61 Å². The maximum Gasteiger partial charge on any atom is 0.544 e. The Balaban J connectivity index is 1.55. The topological polar surface area (TPSA) is 165 Å². The van der Waals surface area contributed by atoms with Crippen LogP contribution in [-0.2, 0) is 9.30 Å². The molecule has 4 rings (SSSR count). The van der Waals surface area contributed by atoms with Crippen molar-refractivity contribution in [1.29, 1.82) is 0 Å². The highest BCUT2D eigenvalue weighted by atomic mass is 79.9. The number of fused-ring (bicyclic) bond motifs is 1. The number of rotatable bonds is 6. The highest BCUT2D eigenvalue weighted by Gasteiger charge is 2.37. The first kappa shape index (κ1) is 24.0. The van der Waals surface area contributed by atoms with Crippen LogP contribution in [0.3, 0.4) is 0 Å². The molecule has 1 aliphatic heterocycles. The molecule has 3 aromatic rings. The van der Waals surface area contributed by atoms with Crippen LogP contribution in [0.15, 0.2) is 38.6 Å². The van der Waals surface area contributed by atoms with Crippen LogP contribution >= 0.6 is 35.4 Å². The van der Waals surface area contributed by atoms with Gasteiger partial charge in [-0.3, -0.25) is 19.1 Å². The number of benzene rings is 1. The van der Waals surface area contributed by atoms with Gasteiger partial charge in [0.1, 0.15) is 24.7 Å². The summed E-state index contributed by atoms with van der Waals surface area (Å²) in [5.74, 6) is 0.437. The molecule has 2 aromatic heterocycles. The standard InChI is InChI=1S/C18H18BrClN3O9P/c1-8-6-22(18(26)23(17(8)25)32-33(27,28)29)14-4-11(24)13(31-14)7-30-12-5-21-10-3-2-9(19)16(20)15(10)12/h2-3,5-6,11,13-14,21,24H,4,7H2,1H3,(H2,27,28,29)/t11-,13+,14+/m0/s1. The largest absolute Gasteiger partial charge is 0.544 e. The Kier molecular flexibility index (Phi) is 6.49. The quantitative estimate of drug-likeness (QED) is 0.323. The first-order valence-electron chi connectivity index (χ1n) is 9.48. The normalized spacial score (nSPS) is 21.0. The summed E-state index contributed by atoms with van der Waals surface area (Å²) in [6, 6.07) is 3.60. The van der Waals surface area contributed by atoms with Crippen LogP contribution < -0.4 is 20.6 Å². The van der Waals surface area contributed by atoms with Gasteiger partial charge in [0.25, 0.3) is 5.56 Å². The minimum absolute atomic E-state index is 0.0263. The van der Waals surface area contributed by atoms with Crippen molar-refractivity contribution in [2.24, 2.45) is 0 Å². The highest BCUT2D eigenvalue weighted by Crippen LogP contribution is 2.37. The van der Waals surface area contributed by atoms with Crippen molar-refractivity contribution < 1.29 is 33.6 Å². The van der Waals surface area contributed by atoms with Gasteiger partial charge in [0, 0.05) is 28.9 Å². The second-order valence-corrected chi connectivity index (χ2v) is 9.73. The molecule has 4 N–H and O–H groups in total. The number of aryl methyl sites for hydroxylation is 1. The molecule has 0 unspecified atom stereocenters. The van der Waals surface area contributed by atoms with Crippen molar-refractivity contribution in [3.63, 3.8) is 0 Å². The third-order valence-electron chi connectivity index (χ3n) is 5.05. The van der Waals surface area contributed by atoms with E-state index in [9.17, 15) is 19.3 Å². The van der Waals surface area contributed by atoms with Gasteiger partial charge in [0.2, 0.25) is 0 Å². The monoisotopic (exact) mass is 565 g/mol. The van der Waals surface area contributed by atoms with Crippen LogP contribution in [0.4, 0.5) is 0 Å². The molecule has 33 heavy (non-hydrogen) atoms. The van der Waals surface area contributed by atoms with Gasteiger partial charge in [-0.25, -0.2) is 9.36 Å². The van der Waals surface area contributed by atoms with Crippen molar-refractivity contribution in [1.82, 2.24) is 14.3 Å². The number of nitrogens with one attached hydrogen (secondary N) is 1. The number of aromatic nitrogens is 3. The smallest absolute Gasteiger partial charge is 0.488 e. The summed E-state index contributed by atoms with van der Waals surface area (Å²) in [6.45, 7) is 1.25. The zero-order valence-electron chi connectivity index (χ0n) is 16.8. The molecule has 0 radical (unpaired) electrons. The first-order valence-corrected chi connectivity index (χ1v) is 12.2. The fourth-order valence-electron chi connectivity index (χ4n) is 3.50.